The Labute approximate surface area is 281 Å². The second kappa shape index (κ2) is 23.8. The van der Waals surface area contributed by atoms with Crippen LogP contribution in [0.15, 0.2) is 50.9 Å². The molecule has 0 spiro atoms. The van der Waals surface area contributed by atoms with E-state index in [1.54, 1.807) is 12.4 Å². The molecule has 0 aromatic rings. The Morgan fingerprint density at radius 3 is 1.40 bits per heavy atom. The van der Waals surface area contributed by atoms with Crippen LogP contribution in [0.5, 0.6) is 0 Å². The highest BCUT2D eigenvalue weighted by Gasteiger charge is 2.42. The Balaban J connectivity index is 6.24. The third-order valence-corrected chi connectivity index (χ3v) is 8.72. The quantitative estimate of drug-likeness (QED) is 0.0494. The van der Waals surface area contributed by atoms with Crippen LogP contribution in [-0.2, 0) is 33.3 Å². The van der Waals surface area contributed by atoms with E-state index in [0.29, 0.717) is 13.1 Å². The number of aliphatic hydroxyl groups excluding tert-OH is 4. The molecule has 0 saturated heterocycles. The lowest BCUT2D eigenvalue weighted by Gasteiger charge is -2.42. The van der Waals surface area contributed by atoms with Gasteiger partial charge in [0.1, 0.15) is 44.1 Å². The fourth-order valence-corrected chi connectivity index (χ4v) is 5.44. The van der Waals surface area contributed by atoms with Gasteiger partial charge >= 0.3 is 11.9 Å². The molecule has 0 aliphatic rings. The molecule has 0 bridgehead atoms. The average Bonchev–Trinajstić information content (AvgIpc) is 3.08. The number of hydrogen-bond donors (Lipinski definition) is 4. The summed E-state index contributed by atoms with van der Waals surface area (Å²) in [5.41, 5.74) is -0.987. The minimum absolute atomic E-state index is 0.0199. The van der Waals surface area contributed by atoms with Gasteiger partial charge in [-0.3, -0.25) is 4.48 Å². The molecule has 0 aliphatic heterocycles. The molecule has 0 aliphatic carbocycles. The van der Waals surface area contributed by atoms with E-state index in [9.17, 15) is 30.0 Å². The van der Waals surface area contributed by atoms with Crippen LogP contribution in [-0.4, -0.2) is 158 Å². The van der Waals surface area contributed by atoms with Gasteiger partial charge in [-0.05, 0) is 40.9 Å². The highest BCUT2D eigenvalue weighted by Crippen LogP contribution is 2.32. The second-order valence-corrected chi connectivity index (χ2v) is 11.9. The molecule has 0 aromatic carbocycles. The van der Waals surface area contributed by atoms with Crippen LogP contribution >= 0.6 is 0 Å². The molecule has 0 rings (SSSR count). The first-order valence-electron chi connectivity index (χ1n) is 16.3. The SMILES string of the molecule is C=CC(=O)OCC(O)COCC(COCC(O)COC(=O)C=C)(COCC(O)C[N+](CC)(CC)CC)CC(CO)[N+](C=C)(C=C)CC. The van der Waals surface area contributed by atoms with E-state index in [0.717, 1.165) is 36.3 Å². The van der Waals surface area contributed by atoms with Gasteiger partial charge in [0.25, 0.3) is 0 Å². The lowest BCUT2D eigenvalue weighted by Crippen LogP contribution is -2.54. The number of esters is 2. The molecular formula is C34H62N2O11+2. The molecule has 4 N–H and O–H groups in total. The van der Waals surface area contributed by atoms with Crippen LogP contribution in [0.25, 0.3) is 0 Å². The third-order valence-electron chi connectivity index (χ3n) is 8.72. The topological polar surface area (TPSA) is 161 Å². The summed E-state index contributed by atoms with van der Waals surface area (Å²) in [5, 5.41) is 42.3. The third kappa shape index (κ3) is 16.0. The Kier molecular flexibility index (Phi) is 22.6. The summed E-state index contributed by atoms with van der Waals surface area (Å²) in [5.74, 6) is -1.36. The summed E-state index contributed by atoms with van der Waals surface area (Å²) in [6.07, 6.45) is 2.61. The lowest BCUT2D eigenvalue weighted by molar-refractivity contribution is -0.926. The van der Waals surface area contributed by atoms with E-state index in [2.05, 4.69) is 47.1 Å². The fraction of sp³-hybridized carbons (Fsp3) is 0.706. The van der Waals surface area contributed by atoms with Gasteiger partial charge in [-0.1, -0.05) is 13.2 Å². The van der Waals surface area contributed by atoms with Gasteiger partial charge in [-0.15, -0.1) is 0 Å². The standard InChI is InChI=1S/C34H62N2O11/c1-9-32(41)46-23-30(39)21-44-26-34(17-28(19-37)36(14-6,15-7)16-8,27-45-22-31(40)24-47-33(42)10-2)25-43-20-29(38)18-35(11-3,12-4)13-5/h9-10,14-15,28-31,37-40H,1-2,6-7,11-13,16-27H2,3-5,8H3/q+2. The van der Waals surface area contributed by atoms with E-state index in [1.807, 2.05) is 6.92 Å². The highest BCUT2D eigenvalue weighted by molar-refractivity contribution is 5.81. The minimum atomic E-state index is -1.13. The van der Waals surface area contributed by atoms with Gasteiger partial charge < -0.3 is 48.6 Å². The summed E-state index contributed by atoms with van der Waals surface area (Å²) in [7, 11) is 0. The maximum atomic E-state index is 11.4. The number of ether oxygens (including phenoxy) is 5. The molecule has 0 fully saturated rings. The molecule has 0 amide bonds. The smallest absolute Gasteiger partial charge is 0.330 e. The van der Waals surface area contributed by atoms with Gasteiger partial charge in [-0.25, -0.2) is 9.59 Å². The van der Waals surface area contributed by atoms with Crippen molar-refractivity contribution in [1.29, 1.82) is 0 Å². The van der Waals surface area contributed by atoms with Crippen molar-refractivity contribution in [3.63, 3.8) is 0 Å². The number of hydrogen-bond acceptors (Lipinski definition) is 11. The summed E-state index contributed by atoms with van der Waals surface area (Å²) < 4.78 is 28.8. The minimum Gasteiger partial charge on any atom is -0.460 e. The Hall–Kier alpha value is -2.46. The van der Waals surface area contributed by atoms with Crippen LogP contribution in [0.3, 0.4) is 0 Å². The molecule has 47 heavy (non-hydrogen) atoms. The number of rotatable bonds is 30. The molecule has 4 unspecified atom stereocenters. The van der Waals surface area contributed by atoms with E-state index < -0.39 is 41.7 Å². The Morgan fingerprint density at radius 2 is 1.09 bits per heavy atom. The van der Waals surface area contributed by atoms with Gasteiger partial charge in [-0.2, -0.15) is 0 Å². The Bertz CT molecular complexity index is 889. The summed E-state index contributed by atoms with van der Waals surface area (Å²) in [4.78, 5) is 22.9. The largest absolute Gasteiger partial charge is 0.460 e. The van der Waals surface area contributed by atoms with E-state index in [1.165, 1.54) is 0 Å². The maximum absolute atomic E-state index is 11.4. The number of carbonyl (C=O) groups is 2. The first kappa shape index (κ1) is 44.5. The lowest BCUT2D eigenvalue weighted by atomic mass is 9.82. The maximum Gasteiger partial charge on any atom is 0.330 e. The molecular weight excluding hydrogens is 612 g/mol. The van der Waals surface area contributed by atoms with Gasteiger partial charge in [0.05, 0.1) is 84.8 Å². The van der Waals surface area contributed by atoms with Crippen molar-refractivity contribution in [3.05, 3.63) is 50.9 Å². The molecule has 0 aromatic heterocycles. The van der Waals surface area contributed by atoms with Crippen molar-refractivity contribution >= 4 is 11.9 Å². The van der Waals surface area contributed by atoms with Crippen molar-refractivity contribution in [2.24, 2.45) is 5.41 Å². The molecule has 0 saturated carbocycles. The molecule has 0 radical (unpaired) electrons. The van der Waals surface area contributed by atoms with E-state index in [4.69, 9.17) is 23.7 Å². The first-order valence-corrected chi connectivity index (χ1v) is 16.3. The molecule has 13 heteroatoms. The second-order valence-electron chi connectivity index (χ2n) is 11.9. The van der Waals surface area contributed by atoms with E-state index in [-0.39, 0.29) is 70.4 Å². The fourth-order valence-electron chi connectivity index (χ4n) is 5.44. The van der Waals surface area contributed by atoms with Crippen molar-refractivity contribution < 1.29 is 62.7 Å². The van der Waals surface area contributed by atoms with Gasteiger partial charge in [0.2, 0.25) is 0 Å². The van der Waals surface area contributed by atoms with Crippen LogP contribution in [0, 0.1) is 5.41 Å². The summed E-state index contributed by atoms with van der Waals surface area (Å²) >= 11 is 0. The Morgan fingerprint density at radius 1 is 0.681 bits per heavy atom. The number of likely N-dealkylation sites (N-methyl/N-ethyl adjacent to an activating group) is 2. The first-order chi connectivity index (χ1) is 22.3. The zero-order valence-electron chi connectivity index (χ0n) is 29.1. The van der Waals surface area contributed by atoms with Gasteiger partial charge in [0, 0.05) is 24.0 Å². The number of quaternary nitrogens is 2. The summed E-state index contributed by atoms with van der Waals surface area (Å²) in [6.45, 7) is 25.2. The number of carbonyl (C=O) groups excluding carboxylic acids is 2. The zero-order valence-corrected chi connectivity index (χ0v) is 29.1. The van der Waals surface area contributed by atoms with Crippen LogP contribution in [0.2, 0.25) is 0 Å². The van der Waals surface area contributed by atoms with Crippen LogP contribution < -0.4 is 0 Å². The zero-order chi connectivity index (χ0) is 35.9. The molecule has 4 atom stereocenters. The van der Waals surface area contributed by atoms with Crippen molar-refractivity contribution in [3.8, 4) is 0 Å². The highest BCUT2D eigenvalue weighted by atomic mass is 16.6. The predicted octanol–water partition coefficient (Wildman–Crippen LogP) is 1.31. The normalized spacial score (nSPS) is 15.8. The van der Waals surface area contributed by atoms with Crippen LogP contribution in [0.1, 0.15) is 34.1 Å². The van der Waals surface area contributed by atoms with Gasteiger partial charge in [0.15, 0.2) is 0 Å². The number of aliphatic hydroxyl groups is 4. The monoisotopic (exact) mass is 674 g/mol. The molecule has 272 valence electrons. The van der Waals surface area contributed by atoms with Crippen molar-refractivity contribution in [2.75, 3.05) is 92.2 Å². The molecule has 0 heterocycles. The number of nitrogens with zero attached hydrogens (tertiary/aromatic N) is 2. The molecule has 13 nitrogen and oxygen atoms in total. The van der Waals surface area contributed by atoms with Crippen LogP contribution in [0.4, 0.5) is 0 Å². The van der Waals surface area contributed by atoms with Crippen molar-refractivity contribution in [1.82, 2.24) is 0 Å². The average molecular weight is 675 g/mol. The predicted molar refractivity (Wildman–Crippen MR) is 179 cm³/mol. The van der Waals surface area contributed by atoms with E-state index >= 15 is 0 Å². The summed E-state index contributed by atoms with van der Waals surface area (Å²) in [6, 6.07) is -0.461. The van der Waals surface area contributed by atoms with Crippen molar-refractivity contribution in [2.45, 2.75) is 58.5 Å².